The van der Waals surface area contributed by atoms with Crippen LogP contribution in [0.3, 0.4) is 0 Å². The molecule has 0 aliphatic heterocycles. The number of nitrogens with one attached hydrogen (secondary N) is 1. The van der Waals surface area contributed by atoms with Gasteiger partial charge in [0.25, 0.3) is 0 Å². The average Bonchev–Trinajstić information content (AvgIpc) is 2.89. The van der Waals surface area contributed by atoms with Crippen LogP contribution in [-0.2, 0) is 17.8 Å². The molecule has 0 aliphatic carbocycles. The van der Waals surface area contributed by atoms with Gasteiger partial charge in [0.15, 0.2) is 5.82 Å². The van der Waals surface area contributed by atoms with Crippen LogP contribution in [0.1, 0.15) is 30.6 Å². The Hall–Kier alpha value is -2.24. The molecular weight excluding hydrogens is 273 g/mol. The van der Waals surface area contributed by atoms with Gasteiger partial charge in [-0.25, -0.2) is 4.39 Å². The molecule has 5 nitrogen and oxygen atoms in total. The molecule has 1 N–H and O–H groups in total. The van der Waals surface area contributed by atoms with Crippen molar-refractivity contribution in [3.05, 3.63) is 47.4 Å². The van der Waals surface area contributed by atoms with Crippen molar-refractivity contribution in [2.24, 2.45) is 5.92 Å². The zero-order valence-corrected chi connectivity index (χ0v) is 12.1. The van der Waals surface area contributed by atoms with Crippen LogP contribution in [0.15, 0.2) is 28.8 Å². The van der Waals surface area contributed by atoms with Crippen molar-refractivity contribution in [1.82, 2.24) is 15.5 Å². The number of nitrogens with zero attached hydrogens (tertiary/aromatic N) is 2. The summed E-state index contributed by atoms with van der Waals surface area (Å²) in [5.41, 5.74) is 0.629. The molecular formula is C15H18FN3O2. The fraction of sp³-hybridized carbons (Fsp3) is 0.400. The Morgan fingerprint density at radius 3 is 2.86 bits per heavy atom. The number of hydrogen-bond donors (Lipinski definition) is 1. The van der Waals surface area contributed by atoms with Crippen LogP contribution < -0.4 is 5.32 Å². The van der Waals surface area contributed by atoms with Crippen molar-refractivity contribution >= 4 is 5.91 Å². The third-order valence-corrected chi connectivity index (χ3v) is 3.24. The maximum Gasteiger partial charge on any atom is 0.246 e. The summed E-state index contributed by atoms with van der Waals surface area (Å²) in [6.45, 7) is 3.74. The molecule has 0 saturated carbocycles. The lowest BCUT2D eigenvalue weighted by Gasteiger charge is -2.11. The number of rotatable bonds is 6. The molecule has 0 fully saturated rings. The quantitative estimate of drug-likeness (QED) is 0.887. The number of carbonyl (C=O) groups is 1. The number of aromatic nitrogens is 2. The minimum Gasteiger partial charge on any atom is -0.347 e. The van der Waals surface area contributed by atoms with Crippen molar-refractivity contribution in [3.63, 3.8) is 0 Å². The van der Waals surface area contributed by atoms with Crippen LogP contribution in [0.5, 0.6) is 0 Å². The summed E-state index contributed by atoms with van der Waals surface area (Å²) in [4.78, 5) is 15.9. The Kier molecular flexibility index (Phi) is 5.03. The van der Waals surface area contributed by atoms with Gasteiger partial charge >= 0.3 is 0 Å². The second kappa shape index (κ2) is 6.97. The van der Waals surface area contributed by atoms with Gasteiger partial charge in [-0.3, -0.25) is 4.79 Å². The van der Waals surface area contributed by atoms with Crippen LogP contribution in [0.2, 0.25) is 0 Å². The molecule has 2 aromatic rings. The second-order valence-electron chi connectivity index (χ2n) is 4.98. The molecule has 2 rings (SSSR count). The number of hydrogen-bond acceptors (Lipinski definition) is 4. The first kappa shape index (κ1) is 15.2. The topological polar surface area (TPSA) is 68.0 Å². The highest BCUT2D eigenvalue weighted by molar-refractivity contribution is 5.78. The van der Waals surface area contributed by atoms with E-state index >= 15 is 0 Å². The number of carbonyl (C=O) groups excluding carboxylic acids is 1. The molecule has 21 heavy (non-hydrogen) atoms. The van der Waals surface area contributed by atoms with E-state index in [4.69, 9.17) is 4.52 Å². The number of halogens is 1. The first-order chi connectivity index (χ1) is 10.1. The van der Waals surface area contributed by atoms with Crippen LogP contribution in [-0.4, -0.2) is 16.0 Å². The Balaban J connectivity index is 1.78. The summed E-state index contributed by atoms with van der Waals surface area (Å²) < 4.78 is 18.4. The van der Waals surface area contributed by atoms with E-state index in [1.54, 1.807) is 25.1 Å². The zero-order valence-electron chi connectivity index (χ0n) is 12.1. The van der Waals surface area contributed by atoms with Gasteiger partial charge in [0.2, 0.25) is 11.8 Å². The van der Waals surface area contributed by atoms with Crippen LogP contribution in [0.25, 0.3) is 0 Å². The van der Waals surface area contributed by atoms with Crippen LogP contribution in [0, 0.1) is 18.7 Å². The average molecular weight is 291 g/mol. The Morgan fingerprint density at radius 1 is 1.43 bits per heavy atom. The highest BCUT2D eigenvalue weighted by Crippen LogP contribution is 2.13. The highest BCUT2D eigenvalue weighted by atomic mass is 19.1. The summed E-state index contributed by atoms with van der Waals surface area (Å²) in [6.07, 6.45) is 1.11. The molecule has 1 atom stereocenters. The third kappa shape index (κ3) is 4.37. The summed E-state index contributed by atoms with van der Waals surface area (Å²) in [7, 11) is 0. The predicted octanol–water partition coefficient (Wildman–Crippen LogP) is 2.40. The minimum absolute atomic E-state index is 0.109. The molecule has 1 aromatic heterocycles. The monoisotopic (exact) mass is 291 g/mol. The second-order valence-corrected chi connectivity index (χ2v) is 4.98. The van der Waals surface area contributed by atoms with Crippen molar-refractivity contribution in [1.29, 1.82) is 0 Å². The standard InChI is InChI=1S/C15H18FN3O2/c1-10(7-8-12-5-3-4-6-13(12)16)15(20)17-9-14-18-11(2)19-21-14/h3-6,10H,7-9H2,1-2H3,(H,17,20)/t10-/m1/s1. The maximum absolute atomic E-state index is 13.5. The molecule has 0 spiro atoms. The summed E-state index contributed by atoms with van der Waals surface area (Å²) in [5, 5.41) is 6.38. The first-order valence-corrected chi connectivity index (χ1v) is 6.86. The molecule has 1 aromatic carbocycles. The van der Waals surface area contributed by atoms with Gasteiger partial charge < -0.3 is 9.84 Å². The largest absolute Gasteiger partial charge is 0.347 e. The summed E-state index contributed by atoms with van der Waals surface area (Å²) >= 11 is 0. The van der Waals surface area contributed by atoms with Gasteiger partial charge in [0, 0.05) is 5.92 Å². The van der Waals surface area contributed by atoms with Crippen LogP contribution in [0.4, 0.5) is 4.39 Å². The van der Waals surface area contributed by atoms with E-state index in [9.17, 15) is 9.18 Å². The van der Waals surface area contributed by atoms with Crippen molar-refractivity contribution < 1.29 is 13.7 Å². The SMILES string of the molecule is Cc1noc(CNC(=O)[C@H](C)CCc2ccccc2F)n1. The van der Waals surface area contributed by atoms with E-state index < -0.39 is 0 Å². The third-order valence-electron chi connectivity index (χ3n) is 3.24. The number of benzene rings is 1. The van der Waals surface area contributed by atoms with E-state index in [0.717, 1.165) is 0 Å². The van der Waals surface area contributed by atoms with Crippen molar-refractivity contribution in [3.8, 4) is 0 Å². The van der Waals surface area contributed by atoms with Gasteiger partial charge in [0.1, 0.15) is 5.82 Å². The number of aryl methyl sites for hydroxylation is 2. The molecule has 0 radical (unpaired) electrons. The summed E-state index contributed by atoms with van der Waals surface area (Å²) in [5.74, 6) is 0.358. The van der Waals surface area contributed by atoms with Crippen molar-refractivity contribution in [2.45, 2.75) is 33.2 Å². The van der Waals surface area contributed by atoms with E-state index in [2.05, 4.69) is 15.5 Å². The fourth-order valence-electron chi connectivity index (χ4n) is 1.95. The fourth-order valence-corrected chi connectivity index (χ4v) is 1.95. The molecule has 1 heterocycles. The van der Waals surface area contributed by atoms with Gasteiger partial charge in [0.05, 0.1) is 6.54 Å². The Bertz CT molecular complexity index is 612. The molecule has 1 amide bonds. The normalized spacial score (nSPS) is 12.1. The molecule has 0 aliphatic rings. The van der Waals surface area contributed by atoms with E-state index in [1.165, 1.54) is 6.07 Å². The molecule has 0 unspecified atom stereocenters. The van der Waals surface area contributed by atoms with E-state index in [1.807, 2.05) is 6.92 Å². The maximum atomic E-state index is 13.5. The lowest BCUT2D eigenvalue weighted by atomic mass is 10.00. The number of amides is 1. The zero-order chi connectivity index (χ0) is 15.2. The smallest absolute Gasteiger partial charge is 0.246 e. The van der Waals surface area contributed by atoms with E-state index in [-0.39, 0.29) is 24.2 Å². The lowest BCUT2D eigenvalue weighted by Crippen LogP contribution is -2.29. The predicted molar refractivity (Wildman–Crippen MR) is 74.8 cm³/mol. The highest BCUT2D eigenvalue weighted by Gasteiger charge is 2.14. The van der Waals surface area contributed by atoms with Crippen LogP contribution >= 0.6 is 0 Å². The lowest BCUT2D eigenvalue weighted by molar-refractivity contribution is -0.124. The molecule has 0 saturated heterocycles. The van der Waals surface area contributed by atoms with Gasteiger partial charge in [-0.2, -0.15) is 4.98 Å². The van der Waals surface area contributed by atoms with E-state index in [0.29, 0.717) is 30.1 Å². The van der Waals surface area contributed by atoms with Gasteiger partial charge in [-0.05, 0) is 31.4 Å². The molecule has 112 valence electrons. The van der Waals surface area contributed by atoms with Crippen molar-refractivity contribution in [2.75, 3.05) is 0 Å². The Morgan fingerprint density at radius 2 is 2.19 bits per heavy atom. The summed E-state index contributed by atoms with van der Waals surface area (Å²) in [6, 6.07) is 6.61. The molecule has 6 heteroatoms. The molecule has 0 bridgehead atoms. The van der Waals surface area contributed by atoms with Gasteiger partial charge in [-0.1, -0.05) is 30.3 Å². The minimum atomic E-state index is -0.230. The van der Waals surface area contributed by atoms with Gasteiger partial charge in [-0.15, -0.1) is 0 Å². The first-order valence-electron chi connectivity index (χ1n) is 6.86. The Labute approximate surface area is 122 Å².